The van der Waals surface area contributed by atoms with E-state index in [9.17, 15) is 14.4 Å². The molecule has 0 spiro atoms. The number of hydrogen-bond acceptors (Lipinski definition) is 5. The Balaban J connectivity index is 2.93. The average Bonchev–Trinajstić information content (AvgIpc) is 2.63. The molecule has 154 valence electrons. The van der Waals surface area contributed by atoms with Crippen LogP contribution in [-0.4, -0.2) is 36.7 Å². The van der Waals surface area contributed by atoms with E-state index in [0.29, 0.717) is 0 Å². The molecule has 0 aliphatic heterocycles. The van der Waals surface area contributed by atoms with Gasteiger partial charge in [0, 0.05) is 5.92 Å². The molecule has 3 unspecified atom stereocenters. The molecule has 7 heteroatoms. The lowest BCUT2D eigenvalue weighted by Crippen LogP contribution is -2.46. The predicted octanol–water partition coefficient (Wildman–Crippen LogP) is 3.12. The summed E-state index contributed by atoms with van der Waals surface area (Å²) in [6.07, 6.45) is 0.869. The Hall–Kier alpha value is -2.83. The van der Waals surface area contributed by atoms with E-state index in [1.807, 2.05) is 18.2 Å². The summed E-state index contributed by atoms with van der Waals surface area (Å²) in [4.78, 5) is 36.8. The van der Waals surface area contributed by atoms with Crippen LogP contribution in [0.1, 0.15) is 45.7 Å². The number of nitrogens with one attached hydrogen (secondary N) is 2. The van der Waals surface area contributed by atoms with Gasteiger partial charge in [-0.15, -0.1) is 6.58 Å². The summed E-state index contributed by atoms with van der Waals surface area (Å²) in [7, 11) is 1.26. The number of alkyl carbamates (subject to hydrolysis) is 1. The number of ether oxygens (including phenoxy) is 2. The number of methoxy groups -OCH3 is 1. The van der Waals surface area contributed by atoms with Crippen LogP contribution in [-0.2, 0) is 19.1 Å². The third-order valence-corrected chi connectivity index (χ3v) is 3.95. The van der Waals surface area contributed by atoms with E-state index in [4.69, 9.17) is 9.47 Å². The van der Waals surface area contributed by atoms with Gasteiger partial charge in [-0.05, 0) is 26.3 Å². The van der Waals surface area contributed by atoms with Gasteiger partial charge >= 0.3 is 12.1 Å². The van der Waals surface area contributed by atoms with E-state index in [-0.39, 0.29) is 12.3 Å². The standard InChI is InChI=1S/C21H30N2O5/c1-7-14(2)18(19(25)27-6)23-17(24)13-16(15-11-9-8-10-12-15)22-20(26)28-21(3,4)5/h7-12,14,16,18H,1,13H2,2-6H3,(H,22,26)(H,23,24). The molecule has 1 rings (SSSR count). The van der Waals surface area contributed by atoms with E-state index in [1.165, 1.54) is 7.11 Å². The van der Waals surface area contributed by atoms with Crippen molar-refractivity contribution in [2.24, 2.45) is 5.92 Å². The van der Waals surface area contributed by atoms with E-state index in [2.05, 4.69) is 17.2 Å². The molecule has 1 aromatic rings. The quantitative estimate of drug-likeness (QED) is 0.525. The molecule has 0 bridgehead atoms. The van der Waals surface area contributed by atoms with Gasteiger partial charge in [0.2, 0.25) is 5.91 Å². The Morgan fingerprint density at radius 2 is 1.75 bits per heavy atom. The van der Waals surface area contributed by atoms with Gasteiger partial charge in [0.15, 0.2) is 0 Å². The molecule has 0 aliphatic rings. The molecule has 1 aromatic carbocycles. The molecule has 2 N–H and O–H groups in total. The smallest absolute Gasteiger partial charge is 0.408 e. The molecule has 0 radical (unpaired) electrons. The summed E-state index contributed by atoms with van der Waals surface area (Å²) in [5.74, 6) is -1.28. The van der Waals surface area contributed by atoms with Gasteiger partial charge in [0.1, 0.15) is 11.6 Å². The SMILES string of the molecule is C=CC(C)C(NC(=O)CC(NC(=O)OC(C)(C)C)c1ccccc1)C(=O)OC. The fourth-order valence-corrected chi connectivity index (χ4v) is 2.47. The highest BCUT2D eigenvalue weighted by atomic mass is 16.6. The zero-order chi connectivity index (χ0) is 21.3. The number of amides is 2. The first-order valence-electron chi connectivity index (χ1n) is 9.11. The second-order valence-corrected chi connectivity index (χ2v) is 7.48. The molecule has 7 nitrogen and oxygen atoms in total. The molecule has 0 fully saturated rings. The van der Waals surface area contributed by atoms with Crippen LogP contribution in [0.4, 0.5) is 4.79 Å². The van der Waals surface area contributed by atoms with Crippen molar-refractivity contribution in [2.75, 3.05) is 7.11 Å². The molecular weight excluding hydrogens is 360 g/mol. The second kappa shape index (κ2) is 10.5. The van der Waals surface area contributed by atoms with Crippen molar-refractivity contribution in [3.8, 4) is 0 Å². The van der Waals surface area contributed by atoms with E-state index in [0.717, 1.165) is 5.56 Å². The van der Waals surface area contributed by atoms with Crippen LogP contribution in [0.25, 0.3) is 0 Å². The highest BCUT2D eigenvalue weighted by Gasteiger charge is 2.28. The van der Waals surface area contributed by atoms with Crippen LogP contribution in [0.2, 0.25) is 0 Å². The molecular formula is C21H30N2O5. The summed E-state index contributed by atoms with van der Waals surface area (Å²) in [5.41, 5.74) is 0.0815. The largest absolute Gasteiger partial charge is 0.467 e. The monoisotopic (exact) mass is 390 g/mol. The maximum Gasteiger partial charge on any atom is 0.408 e. The van der Waals surface area contributed by atoms with Crippen LogP contribution < -0.4 is 10.6 Å². The first-order chi connectivity index (χ1) is 13.1. The normalized spacial score (nSPS) is 14.2. The van der Waals surface area contributed by atoms with Gasteiger partial charge in [-0.1, -0.05) is 43.3 Å². The maximum absolute atomic E-state index is 12.6. The van der Waals surface area contributed by atoms with Gasteiger partial charge in [-0.3, -0.25) is 4.79 Å². The number of carbonyl (C=O) groups is 3. The molecule has 0 saturated heterocycles. The zero-order valence-electron chi connectivity index (χ0n) is 17.2. The van der Waals surface area contributed by atoms with E-state index in [1.54, 1.807) is 45.9 Å². The Bertz CT molecular complexity index is 682. The third kappa shape index (κ3) is 7.82. The molecule has 0 aromatic heterocycles. The van der Waals surface area contributed by atoms with Crippen molar-refractivity contribution in [1.82, 2.24) is 10.6 Å². The van der Waals surface area contributed by atoms with Gasteiger partial charge < -0.3 is 20.1 Å². The number of hydrogen-bond donors (Lipinski definition) is 2. The number of rotatable bonds is 8. The average molecular weight is 390 g/mol. The van der Waals surface area contributed by atoms with Crippen molar-refractivity contribution >= 4 is 18.0 Å². The van der Waals surface area contributed by atoms with Crippen LogP contribution in [0, 0.1) is 5.92 Å². The van der Waals surface area contributed by atoms with Gasteiger partial charge in [-0.2, -0.15) is 0 Å². The number of carbonyl (C=O) groups excluding carboxylic acids is 3. The van der Waals surface area contributed by atoms with Crippen LogP contribution in [0.3, 0.4) is 0 Å². The summed E-state index contributed by atoms with van der Waals surface area (Å²) in [5, 5.41) is 5.39. The van der Waals surface area contributed by atoms with E-state index < -0.39 is 35.7 Å². The Kier molecular flexibility index (Phi) is 8.70. The Labute approximate surface area is 166 Å². The van der Waals surface area contributed by atoms with Crippen molar-refractivity contribution in [1.29, 1.82) is 0 Å². The minimum Gasteiger partial charge on any atom is -0.467 e. The number of benzene rings is 1. The van der Waals surface area contributed by atoms with Crippen molar-refractivity contribution in [3.05, 3.63) is 48.6 Å². The zero-order valence-corrected chi connectivity index (χ0v) is 17.2. The summed E-state index contributed by atoms with van der Waals surface area (Å²) in [6, 6.07) is 7.61. The molecule has 2 amide bonds. The predicted molar refractivity (Wildman–Crippen MR) is 106 cm³/mol. The highest BCUT2D eigenvalue weighted by molar-refractivity contribution is 5.85. The minimum atomic E-state index is -0.854. The summed E-state index contributed by atoms with van der Waals surface area (Å²) < 4.78 is 10.0. The minimum absolute atomic E-state index is 0.0688. The second-order valence-electron chi connectivity index (χ2n) is 7.48. The first-order valence-corrected chi connectivity index (χ1v) is 9.11. The fraction of sp³-hybridized carbons (Fsp3) is 0.476. The van der Waals surface area contributed by atoms with Crippen LogP contribution in [0.5, 0.6) is 0 Å². The Morgan fingerprint density at radius 1 is 1.14 bits per heavy atom. The lowest BCUT2D eigenvalue weighted by atomic mass is 10.00. The lowest BCUT2D eigenvalue weighted by Gasteiger charge is -2.25. The van der Waals surface area contributed by atoms with Gasteiger partial charge in [-0.25, -0.2) is 9.59 Å². The molecule has 0 heterocycles. The molecule has 0 aliphatic carbocycles. The highest BCUT2D eigenvalue weighted by Crippen LogP contribution is 2.18. The fourth-order valence-electron chi connectivity index (χ4n) is 2.47. The maximum atomic E-state index is 12.6. The van der Waals surface area contributed by atoms with Gasteiger partial charge in [0.05, 0.1) is 19.6 Å². The van der Waals surface area contributed by atoms with Crippen molar-refractivity contribution in [2.45, 2.75) is 51.8 Å². The lowest BCUT2D eigenvalue weighted by molar-refractivity contribution is -0.146. The summed E-state index contributed by atoms with van der Waals surface area (Å²) >= 11 is 0. The first kappa shape index (κ1) is 23.2. The van der Waals surface area contributed by atoms with E-state index >= 15 is 0 Å². The summed E-state index contributed by atoms with van der Waals surface area (Å²) in [6.45, 7) is 10.7. The number of esters is 1. The molecule has 28 heavy (non-hydrogen) atoms. The van der Waals surface area contributed by atoms with Crippen molar-refractivity contribution < 1.29 is 23.9 Å². The van der Waals surface area contributed by atoms with Gasteiger partial charge in [0.25, 0.3) is 0 Å². The molecule has 0 saturated carbocycles. The topological polar surface area (TPSA) is 93.7 Å². The van der Waals surface area contributed by atoms with Crippen LogP contribution >= 0.6 is 0 Å². The van der Waals surface area contributed by atoms with Crippen LogP contribution in [0.15, 0.2) is 43.0 Å². The third-order valence-electron chi connectivity index (χ3n) is 3.95. The van der Waals surface area contributed by atoms with Crippen molar-refractivity contribution in [3.63, 3.8) is 0 Å². The molecule has 3 atom stereocenters. The Morgan fingerprint density at radius 3 is 2.25 bits per heavy atom.